The molecule has 2 aliphatic rings. The molecule has 2 atom stereocenters. The molecule has 2 unspecified atom stereocenters. The molecule has 1 saturated heterocycles. The number of aliphatic carboxylic acids is 1. The summed E-state index contributed by atoms with van der Waals surface area (Å²) >= 11 is 0. The first-order chi connectivity index (χ1) is 12.3. The zero-order chi connectivity index (χ0) is 20.7. The standard InChI is InChI=1S/C16H19NO9S/c1-8(18)25-7-9-5-11(15(21)22)17-13(20)10(14(17)27(9,23)24)6-12(19)26-16(2,3)4/h5-6,9,14H,7H2,1-4H3,(H,21,22). The molecule has 0 bridgehead atoms. The van der Waals surface area contributed by atoms with E-state index in [4.69, 9.17) is 9.47 Å². The molecule has 1 N–H and O–H groups in total. The van der Waals surface area contributed by atoms with Crippen molar-refractivity contribution in [2.45, 2.75) is 43.9 Å². The fourth-order valence-corrected chi connectivity index (χ4v) is 4.54. The predicted octanol–water partition coefficient (Wildman–Crippen LogP) is -0.249. The van der Waals surface area contributed by atoms with Crippen molar-refractivity contribution < 1.29 is 42.2 Å². The SMILES string of the molecule is CC(=O)OCC1C=C(C(=O)O)N2C(=O)C(=CC(=O)OC(C)(C)C)C2S1(=O)=O. The third-order valence-corrected chi connectivity index (χ3v) is 5.86. The van der Waals surface area contributed by atoms with Crippen molar-refractivity contribution in [3.05, 3.63) is 23.4 Å². The molecular weight excluding hydrogens is 382 g/mol. The Labute approximate surface area is 155 Å². The van der Waals surface area contributed by atoms with Crippen LogP contribution < -0.4 is 0 Å². The highest BCUT2D eigenvalue weighted by Gasteiger charge is 2.58. The van der Waals surface area contributed by atoms with Crippen LogP contribution in [-0.4, -0.2) is 65.1 Å². The number of nitrogens with zero attached hydrogens (tertiary/aromatic N) is 1. The molecular formula is C16H19NO9S. The van der Waals surface area contributed by atoms with Crippen LogP contribution in [0.4, 0.5) is 0 Å². The van der Waals surface area contributed by atoms with Gasteiger partial charge in [-0.1, -0.05) is 0 Å². The average molecular weight is 401 g/mol. The first-order valence-corrected chi connectivity index (χ1v) is 9.46. The minimum Gasteiger partial charge on any atom is -0.477 e. The second kappa shape index (κ2) is 6.80. The van der Waals surface area contributed by atoms with Crippen molar-refractivity contribution in [3.63, 3.8) is 0 Å². The molecule has 1 fully saturated rings. The number of carboxylic acid groups (broad SMARTS) is 1. The summed E-state index contributed by atoms with van der Waals surface area (Å²) in [7, 11) is -4.19. The van der Waals surface area contributed by atoms with Gasteiger partial charge < -0.3 is 14.6 Å². The van der Waals surface area contributed by atoms with Gasteiger partial charge >= 0.3 is 17.9 Å². The van der Waals surface area contributed by atoms with Gasteiger partial charge in [0.05, 0.1) is 5.57 Å². The maximum atomic E-state index is 12.8. The van der Waals surface area contributed by atoms with E-state index in [1.165, 1.54) is 0 Å². The Morgan fingerprint density at radius 3 is 2.37 bits per heavy atom. The minimum atomic E-state index is -4.19. The van der Waals surface area contributed by atoms with Crippen LogP contribution in [0.5, 0.6) is 0 Å². The lowest BCUT2D eigenvalue weighted by molar-refractivity contribution is -0.149. The van der Waals surface area contributed by atoms with E-state index >= 15 is 0 Å². The number of rotatable bonds is 4. The monoisotopic (exact) mass is 401 g/mol. The molecule has 0 aromatic carbocycles. The van der Waals surface area contributed by atoms with Crippen LogP contribution in [0.3, 0.4) is 0 Å². The van der Waals surface area contributed by atoms with Gasteiger partial charge in [-0.25, -0.2) is 18.0 Å². The molecule has 11 heteroatoms. The third kappa shape index (κ3) is 4.02. The summed E-state index contributed by atoms with van der Waals surface area (Å²) in [5.41, 5.74) is -1.82. The molecule has 2 heterocycles. The molecule has 0 aliphatic carbocycles. The zero-order valence-electron chi connectivity index (χ0n) is 15.1. The maximum absolute atomic E-state index is 12.8. The van der Waals surface area contributed by atoms with Crippen molar-refractivity contribution in [1.82, 2.24) is 4.90 Å². The minimum absolute atomic E-state index is 0.399. The van der Waals surface area contributed by atoms with Gasteiger partial charge in [0.1, 0.15) is 23.2 Å². The van der Waals surface area contributed by atoms with E-state index in [2.05, 4.69) is 0 Å². The second-order valence-corrected chi connectivity index (χ2v) is 9.18. The van der Waals surface area contributed by atoms with Gasteiger partial charge in [-0.3, -0.25) is 14.5 Å². The van der Waals surface area contributed by atoms with Crippen molar-refractivity contribution in [2.24, 2.45) is 0 Å². The number of hydrogen-bond donors (Lipinski definition) is 1. The summed E-state index contributed by atoms with van der Waals surface area (Å²) in [6.45, 7) is 5.25. The van der Waals surface area contributed by atoms with Crippen LogP contribution in [0.15, 0.2) is 23.4 Å². The lowest BCUT2D eigenvalue weighted by Gasteiger charge is -2.45. The molecule has 1 amide bonds. The smallest absolute Gasteiger partial charge is 0.352 e. The van der Waals surface area contributed by atoms with Gasteiger partial charge in [0.2, 0.25) is 0 Å². The van der Waals surface area contributed by atoms with Crippen LogP contribution in [-0.2, 0) is 38.5 Å². The van der Waals surface area contributed by atoms with Gasteiger partial charge in [-0.15, -0.1) is 0 Å². The van der Waals surface area contributed by atoms with E-state index in [1.54, 1.807) is 20.8 Å². The number of β-lactam (4-membered cyclic amide) rings is 1. The van der Waals surface area contributed by atoms with Crippen molar-refractivity contribution in [3.8, 4) is 0 Å². The normalized spacial score (nSPS) is 25.2. The lowest BCUT2D eigenvalue weighted by Crippen LogP contribution is -2.63. The zero-order valence-corrected chi connectivity index (χ0v) is 15.9. The molecule has 0 radical (unpaired) electrons. The van der Waals surface area contributed by atoms with Crippen molar-refractivity contribution >= 4 is 33.7 Å². The highest BCUT2D eigenvalue weighted by Crippen LogP contribution is 2.40. The Morgan fingerprint density at radius 2 is 1.89 bits per heavy atom. The molecule has 10 nitrogen and oxygen atoms in total. The van der Waals surface area contributed by atoms with Crippen LogP contribution >= 0.6 is 0 Å². The summed E-state index contributed by atoms with van der Waals surface area (Å²) in [4.78, 5) is 47.2. The van der Waals surface area contributed by atoms with Crippen LogP contribution in [0, 0.1) is 0 Å². The average Bonchev–Trinajstić information content (AvgIpc) is 2.48. The third-order valence-electron chi connectivity index (χ3n) is 3.65. The highest BCUT2D eigenvalue weighted by molar-refractivity contribution is 7.93. The first-order valence-electron chi connectivity index (χ1n) is 7.85. The summed E-state index contributed by atoms with van der Waals surface area (Å²) in [5, 5.41) is 6.16. The maximum Gasteiger partial charge on any atom is 0.352 e. The van der Waals surface area contributed by atoms with E-state index in [0.717, 1.165) is 19.1 Å². The summed E-state index contributed by atoms with van der Waals surface area (Å²) in [6.07, 6.45) is 1.60. The van der Waals surface area contributed by atoms with Gasteiger partial charge in [0.15, 0.2) is 15.2 Å². The number of fused-ring (bicyclic) bond motifs is 1. The second-order valence-electron chi connectivity index (χ2n) is 6.95. The van der Waals surface area contributed by atoms with E-state index < -0.39 is 67.8 Å². The Kier molecular flexibility index (Phi) is 5.19. The first kappa shape index (κ1) is 20.6. The quantitative estimate of drug-likeness (QED) is 0.383. The van der Waals surface area contributed by atoms with E-state index in [-0.39, 0.29) is 0 Å². The van der Waals surface area contributed by atoms with Crippen molar-refractivity contribution in [2.75, 3.05) is 6.61 Å². The molecule has 148 valence electrons. The Bertz CT molecular complexity index is 876. The van der Waals surface area contributed by atoms with Gasteiger partial charge in [-0.05, 0) is 26.8 Å². The Balaban J connectivity index is 2.44. The largest absolute Gasteiger partial charge is 0.477 e. The summed E-state index contributed by atoms with van der Waals surface area (Å²) < 4.78 is 35.3. The highest BCUT2D eigenvalue weighted by atomic mass is 32.2. The Hall–Kier alpha value is -2.69. The van der Waals surface area contributed by atoms with Crippen LogP contribution in [0.2, 0.25) is 0 Å². The molecule has 0 spiro atoms. The topological polar surface area (TPSA) is 144 Å². The van der Waals surface area contributed by atoms with Gasteiger partial charge in [-0.2, -0.15) is 0 Å². The summed E-state index contributed by atoms with van der Waals surface area (Å²) in [6, 6.07) is 0. The summed E-state index contributed by atoms with van der Waals surface area (Å²) in [5.74, 6) is -4.11. The fourth-order valence-electron chi connectivity index (χ4n) is 2.61. The van der Waals surface area contributed by atoms with Gasteiger partial charge in [0.25, 0.3) is 5.91 Å². The van der Waals surface area contributed by atoms with Crippen LogP contribution in [0.1, 0.15) is 27.7 Å². The molecule has 2 aliphatic heterocycles. The molecule has 0 aromatic heterocycles. The Morgan fingerprint density at radius 1 is 1.30 bits per heavy atom. The number of sulfone groups is 1. The lowest BCUT2D eigenvalue weighted by atomic mass is 10.0. The number of amides is 1. The van der Waals surface area contributed by atoms with E-state index in [9.17, 15) is 32.7 Å². The molecule has 27 heavy (non-hydrogen) atoms. The van der Waals surface area contributed by atoms with Crippen LogP contribution in [0.25, 0.3) is 0 Å². The number of carboxylic acids is 1. The van der Waals surface area contributed by atoms with E-state index in [1.807, 2.05) is 0 Å². The number of hydrogen-bond acceptors (Lipinski definition) is 8. The molecule has 2 rings (SSSR count). The molecule has 0 aromatic rings. The number of carbonyl (C=O) groups excluding carboxylic acids is 3. The molecule has 0 saturated carbocycles. The van der Waals surface area contributed by atoms with Crippen molar-refractivity contribution in [1.29, 1.82) is 0 Å². The number of ether oxygens (including phenoxy) is 2. The number of carbonyl (C=O) groups is 4. The predicted molar refractivity (Wildman–Crippen MR) is 89.6 cm³/mol. The van der Waals surface area contributed by atoms with Gasteiger partial charge in [0, 0.05) is 13.0 Å². The fraction of sp³-hybridized carbons (Fsp3) is 0.500. The van der Waals surface area contributed by atoms with E-state index in [0.29, 0.717) is 4.90 Å². The number of esters is 2.